The van der Waals surface area contributed by atoms with E-state index in [4.69, 9.17) is 10.3 Å². The van der Waals surface area contributed by atoms with Crippen LogP contribution in [-0.4, -0.2) is 36.1 Å². The molecule has 1 amide bonds. The van der Waals surface area contributed by atoms with Crippen LogP contribution >= 0.6 is 0 Å². The molecule has 28 heavy (non-hydrogen) atoms. The predicted octanol–water partition coefficient (Wildman–Crippen LogP) is 2.42. The number of para-hydroxylation sites is 1. The van der Waals surface area contributed by atoms with Gasteiger partial charge >= 0.3 is 0 Å². The first-order valence-corrected chi connectivity index (χ1v) is 9.97. The van der Waals surface area contributed by atoms with Crippen molar-refractivity contribution in [3.05, 3.63) is 71.9 Å². The first-order chi connectivity index (χ1) is 13.1. The highest BCUT2D eigenvalue weighted by Crippen LogP contribution is 2.18. The minimum absolute atomic E-state index is 0.0540. The van der Waals surface area contributed by atoms with Gasteiger partial charge < -0.3 is 5.73 Å². The maximum atomic E-state index is 12.4. The van der Waals surface area contributed by atoms with Gasteiger partial charge in [-0.05, 0) is 36.8 Å². The van der Waals surface area contributed by atoms with E-state index in [0.29, 0.717) is 17.5 Å². The van der Waals surface area contributed by atoms with Gasteiger partial charge in [-0.25, -0.2) is 4.99 Å². The first kappa shape index (κ1) is 21.0. The molecular formula is C19H20N4O4S. The fraction of sp³-hybridized carbons (Fsp3) is 0.105. The standard InChI is InChI=1S/C18H16N4O.CH4O3S/c1-12-7-8-14-15(9-10-20-16(14)11-12)17(23)22-18(19)21-13-5-3-2-4-6-13;1-5(2,3)4/h2-11H,1H3,(H3,19,21,22,23);1H3,(H,2,3,4). The van der Waals surface area contributed by atoms with Gasteiger partial charge in [0.25, 0.3) is 16.0 Å². The number of carbonyl (C=O) groups excluding carboxylic acids is 1. The largest absolute Gasteiger partial charge is 0.369 e. The van der Waals surface area contributed by atoms with E-state index in [1.54, 1.807) is 12.3 Å². The van der Waals surface area contributed by atoms with Crippen molar-refractivity contribution >= 4 is 38.6 Å². The number of guanidine groups is 1. The van der Waals surface area contributed by atoms with Gasteiger partial charge in [-0.1, -0.05) is 30.3 Å². The summed E-state index contributed by atoms with van der Waals surface area (Å²) in [5.74, 6) is -0.253. The Balaban J connectivity index is 0.000000500. The SMILES string of the molecule is CS(=O)(=O)O.Cc1ccc2c(C(=O)NC(N)=Nc3ccccc3)ccnc2c1. The number of hydrogen-bond donors (Lipinski definition) is 3. The Morgan fingerprint density at radius 2 is 1.79 bits per heavy atom. The van der Waals surface area contributed by atoms with Gasteiger partial charge in [0.1, 0.15) is 0 Å². The molecule has 8 nitrogen and oxygen atoms in total. The minimum atomic E-state index is -3.67. The van der Waals surface area contributed by atoms with Crippen LogP contribution in [0.15, 0.2) is 65.8 Å². The van der Waals surface area contributed by atoms with Crippen molar-refractivity contribution in [1.29, 1.82) is 0 Å². The van der Waals surface area contributed by atoms with Crippen molar-refractivity contribution < 1.29 is 17.8 Å². The highest BCUT2D eigenvalue weighted by atomic mass is 32.2. The Labute approximate surface area is 162 Å². The zero-order valence-electron chi connectivity index (χ0n) is 15.3. The van der Waals surface area contributed by atoms with E-state index in [-0.39, 0.29) is 11.9 Å². The third-order valence-corrected chi connectivity index (χ3v) is 3.39. The Bertz CT molecular complexity index is 1110. The van der Waals surface area contributed by atoms with Crippen LogP contribution in [0.3, 0.4) is 0 Å². The molecule has 0 saturated carbocycles. The summed E-state index contributed by atoms with van der Waals surface area (Å²) in [6.45, 7) is 1.98. The average Bonchev–Trinajstić information content (AvgIpc) is 2.60. The summed E-state index contributed by atoms with van der Waals surface area (Å²) in [5.41, 5.74) is 8.88. The van der Waals surface area contributed by atoms with Crippen molar-refractivity contribution in [3.63, 3.8) is 0 Å². The predicted molar refractivity (Wildman–Crippen MR) is 109 cm³/mol. The third-order valence-electron chi connectivity index (χ3n) is 3.39. The number of amides is 1. The van der Waals surface area contributed by atoms with E-state index >= 15 is 0 Å². The number of hydrogen-bond acceptors (Lipinski definition) is 5. The molecule has 0 bridgehead atoms. The highest BCUT2D eigenvalue weighted by Gasteiger charge is 2.11. The molecule has 146 valence electrons. The van der Waals surface area contributed by atoms with E-state index in [9.17, 15) is 13.2 Å². The quantitative estimate of drug-likeness (QED) is 0.343. The number of fused-ring (bicyclic) bond motifs is 1. The zero-order chi connectivity index (χ0) is 20.7. The van der Waals surface area contributed by atoms with Gasteiger partial charge in [0, 0.05) is 11.6 Å². The third kappa shape index (κ3) is 6.78. The van der Waals surface area contributed by atoms with Gasteiger partial charge in [-0.2, -0.15) is 8.42 Å². The molecule has 0 spiro atoms. The van der Waals surface area contributed by atoms with E-state index in [2.05, 4.69) is 15.3 Å². The number of nitrogens with zero attached hydrogens (tertiary/aromatic N) is 2. The highest BCUT2D eigenvalue weighted by molar-refractivity contribution is 7.85. The second-order valence-electron chi connectivity index (χ2n) is 5.90. The number of rotatable bonds is 2. The van der Waals surface area contributed by atoms with E-state index in [1.165, 1.54) is 0 Å². The molecular weight excluding hydrogens is 380 g/mol. The number of nitrogens with two attached hydrogens (primary N) is 1. The lowest BCUT2D eigenvalue weighted by Crippen LogP contribution is -2.36. The summed E-state index contributed by atoms with van der Waals surface area (Å²) in [5, 5.41) is 3.39. The number of benzene rings is 2. The summed E-state index contributed by atoms with van der Waals surface area (Å²) in [6, 6.07) is 16.7. The van der Waals surface area contributed by atoms with Crippen LogP contribution in [-0.2, 0) is 10.1 Å². The van der Waals surface area contributed by atoms with Gasteiger partial charge in [0.15, 0.2) is 0 Å². The Morgan fingerprint density at radius 1 is 1.14 bits per heavy atom. The molecule has 0 fully saturated rings. The number of pyridine rings is 1. The first-order valence-electron chi connectivity index (χ1n) is 8.12. The molecule has 1 heterocycles. The Kier molecular flexibility index (Phi) is 6.80. The van der Waals surface area contributed by atoms with E-state index in [1.807, 2.05) is 55.5 Å². The van der Waals surface area contributed by atoms with Gasteiger partial charge in [0.2, 0.25) is 5.96 Å². The van der Waals surface area contributed by atoms with Crippen molar-refractivity contribution in [1.82, 2.24) is 10.3 Å². The molecule has 2 aromatic carbocycles. The van der Waals surface area contributed by atoms with Crippen LogP contribution in [0.1, 0.15) is 15.9 Å². The Morgan fingerprint density at radius 3 is 2.43 bits per heavy atom. The fourth-order valence-electron chi connectivity index (χ4n) is 2.31. The lowest BCUT2D eigenvalue weighted by molar-refractivity contribution is 0.0978. The Hall–Kier alpha value is -3.30. The van der Waals surface area contributed by atoms with Crippen molar-refractivity contribution in [2.45, 2.75) is 6.92 Å². The molecule has 0 aliphatic heterocycles. The van der Waals surface area contributed by atoms with E-state index < -0.39 is 10.1 Å². The number of aliphatic imine (C=N–C) groups is 1. The van der Waals surface area contributed by atoms with Crippen LogP contribution in [0.5, 0.6) is 0 Å². The van der Waals surface area contributed by atoms with Crippen LogP contribution in [0, 0.1) is 6.92 Å². The summed E-state index contributed by atoms with van der Waals surface area (Å²) in [7, 11) is -3.67. The molecule has 1 aromatic heterocycles. The normalized spacial score (nSPS) is 11.5. The topological polar surface area (TPSA) is 135 Å². The molecule has 4 N–H and O–H groups in total. The molecule has 0 saturated heterocycles. The molecule has 0 aliphatic rings. The van der Waals surface area contributed by atoms with E-state index in [0.717, 1.165) is 16.5 Å². The smallest absolute Gasteiger partial charge is 0.261 e. The summed E-state index contributed by atoms with van der Waals surface area (Å²) in [6.07, 6.45) is 2.33. The lowest BCUT2D eigenvalue weighted by Gasteiger charge is -2.07. The van der Waals surface area contributed by atoms with Crippen molar-refractivity contribution in [2.75, 3.05) is 6.26 Å². The second-order valence-corrected chi connectivity index (χ2v) is 7.36. The fourth-order valence-corrected chi connectivity index (χ4v) is 2.31. The van der Waals surface area contributed by atoms with Crippen LogP contribution < -0.4 is 11.1 Å². The molecule has 0 atom stereocenters. The number of carbonyl (C=O) groups is 1. The monoisotopic (exact) mass is 400 g/mol. The maximum Gasteiger partial charge on any atom is 0.261 e. The molecule has 3 aromatic rings. The van der Waals surface area contributed by atoms with Crippen LogP contribution in [0.4, 0.5) is 5.69 Å². The molecule has 0 radical (unpaired) electrons. The minimum Gasteiger partial charge on any atom is -0.369 e. The van der Waals surface area contributed by atoms with Crippen LogP contribution in [0.2, 0.25) is 0 Å². The second kappa shape index (κ2) is 9.07. The average molecular weight is 400 g/mol. The van der Waals surface area contributed by atoms with Gasteiger partial charge in [-0.3, -0.25) is 19.6 Å². The summed E-state index contributed by atoms with van der Waals surface area (Å²) < 4.78 is 25.9. The van der Waals surface area contributed by atoms with Gasteiger partial charge in [0.05, 0.1) is 23.0 Å². The lowest BCUT2D eigenvalue weighted by atomic mass is 10.1. The molecule has 0 aliphatic carbocycles. The number of aromatic nitrogens is 1. The van der Waals surface area contributed by atoms with Crippen molar-refractivity contribution in [3.8, 4) is 0 Å². The number of aryl methyl sites for hydroxylation is 1. The van der Waals surface area contributed by atoms with Gasteiger partial charge in [-0.15, -0.1) is 0 Å². The molecule has 9 heteroatoms. The molecule has 3 rings (SSSR count). The summed E-state index contributed by atoms with van der Waals surface area (Å²) >= 11 is 0. The van der Waals surface area contributed by atoms with Crippen molar-refractivity contribution in [2.24, 2.45) is 10.7 Å². The zero-order valence-corrected chi connectivity index (χ0v) is 16.1. The number of nitrogens with one attached hydrogen (secondary N) is 1. The van der Waals surface area contributed by atoms with Crippen LogP contribution in [0.25, 0.3) is 10.9 Å². The molecule has 0 unspecified atom stereocenters. The summed E-state index contributed by atoms with van der Waals surface area (Å²) in [4.78, 5) is 20.9. The maximum absolute atomic E-state index is 12.4.